The molecular formula is C16H25N5O3S. The second-order valence-electron chi connectivity index (χ2n) is 5.97. The molecular weight excluding hydrogens is 342 g/mol. The summed E-state index contributed by atoms with van der Waals surface area (Å²) < 4.78 is 23.0. The van der Waals surface area contributed by atoms with Gasteiger partial charge in [0.1, 0.15) is 5.82 Å². The van der Waals surface area contributed by atoms with E-state index in [-0.39, 0.29) is 29.9 Å². The minimum Gasteiger partial charge on any atom is -0.357 e. The van der Waals surface area contributed by atoms with Gasteiger partial charge in [-0.2, -0.15) is 0 Å². The van der Waals surface area contributed by atoms with Crippen molar-refractivity contribution in [3.05, 3.63) is 23.9 Å². The van der Waals surface area contributed by atoms with Gasteiger partial charge in [0.15, 0.2) is 15.8 Å². The zero-order chi connectivity index (χ0) is 18.3. The van der Waals surface area contributed by atoms with E-state index in [0.29, 0.717) is 31.3 Å². The van der Waals surface area contributed by atoms with Gasteiger partial charge in [0.2, 0.25) is 5.91 Å². The third-order valence-corrected chi connectivity index (χ3v) is 5.45. The fourth-order valence-electron chi connectivity index (χ4n) is 2.51. The number of aliphatic imine (C=N–C) groups is 1. The Morgan fingerprint density at radius 1 is 1.40 bits per heavy atom. The summed E-state index contributed by atoms with van der Waals surface area (Å²) in [7, 11) is -2.94. The standard InChI is InChI=1S/C16H25N5O3S/c1-3-17-16(20-13-8-10-25(23,24)11-13)18-9-7-15(22)21-14-6-4-5-12(2)19-14/h4-6,13H,3,7-11H2,1-2H3,(H2,17,18,20)(H,19,21,22). The van der Waals surface area contributed by atoms with E-state index in [2.05, 4.69) is 25.9 Å². The van der Waals surface area contributed by atoms with Crippen molar-refractivity contribution in [3.8, 4) is 0 Å². The Bertz CT molecular complexity index is 733. The van der Waals surface area contributed by atoms with Crippen molar-refractivity contribution in [2.45, 2.75) is 32.7 Å². The molecule has 1 fully saturated rings. The number of anilines is 1. The van der Waals surface area contributed by atoms with E-state index in [1.165, 1.54) is 0 Å². The first-order valence-corrected chi connectivity index (χ1v) is 10.2. The summed E-state index contributed by atoms with van der Waals surface area (Å²) in [6.07, 6.45) is 0.793. The molecule has 1 saturated heterocycles. The fourth-order valence-corrected chi connectivity index (χ4v) is 4.18. The van der Waals surface area contributed by atoms with Crippen LogP contribution in [0.5, 0.6) is 0 Å². The fraction of sp³-hybridized carbons (Fsp3) is 0.562. The predicted molar refractivity (Wildman–Crippen MR) is 98.4 cm³/mol. The zero-order valence-electron chi connectivity index (χ0n) is 14.6. The Balaban J connectivity index is 1.83. The van der Waals surface area contributed by atoms with Crippen molar-refractivity contribution in [1.29, 1.82) is 0 Å². The number of sulfone groups is 1. The minimum absolute atomic E-state index is 0.122. The first kappa shape index (κ1) is 19.2. The van der Waals surface area contributed by atoms with Crippen LogP contribution in [-0.4, -0.2) is 55.9 Å². The number of rotatable bonds is 6. The maximum Gasteiger partial charge on any atom is 0.227 e. The number of hydrogen-bond donors (Lipinski definition) is 3. The predicted octanol–water partition coefficient (Wildman–Crippen LogP) is 0.461. The third kappa shape index (κ3) is 6.69. The van der Waals surface area contributed by atoms with Crippen LogP contribution in [0.4, 0.5) is 5.82 Å². The van der Waals surface area contributed by atoms with Crippen LogP contribution in [0.2, 0.25) is 0 Å². The molecule has 0 saturated carbocycles. The Morgan fingerprint density at radius 3 is 2.84 bits per heavy atom. The second kappa shape index (κ2) is 8.80. The largest absolute Gasteiger partial charge is 0.357 e. The van der Waals surface area contributed by atoms with E-state index in [1.54, 1.807) is 6.07 Å². The van der Waals surface area contributed by atoms with Gasteiger partial charge < -0.3 is 16.0 Å². The molecule has 25 heavy (non-hydrogen) atoms. The average molecular weight is 367 g/mol. The highest BCUT2D eigenvalue weighted by atomic mass is 32.2. The molecule has 2 rings (SSSR count). The van der Waals surface area contributed by atoms with Gasteiger partial charge in [-0.25, -0.2) is 13.4 Å². The van der Waals surface area contributed by atoms with Crippen molar-refractivity contribution in [1.82, 2.24) is 15.6 Å². The maximum atomic E-state index is 12.0. The Kier molecular flexibility index (Phi) is 6.74. The highest BCUT2D eigenvalue weighted by Crippen LogP contribution is 2.11. The lowest BCUT2D eigenvalue weighted by Crippen LogP contribution is -2.44. The molecule has 2 heterocycles. The van der Waals surface area contributed by atoms with Crippen LogP contribution in [-0.2, 0) is 14.6 Å². The number of aromatic nitrogens is 1. The molecule has 0 aromatic carbocycles. The molecule has 9 heteroatoms. The molecule has 0 spiro atoms. The number of nitrogens with zero attached hydrogens (tertiary/aromatic N) is 2. The minimum atomic E-state index is -2.94. The van der Waals surface area contributed by atoms with Crippen LogP contribution in [0.1, 0.15) is 25.5 Å². The summed E-state index contributed by atoms with van der Waals surface area (Å²) in [5, 5.41) is 8.92. The normalized spacial score (nSPS) is 19.4. The van der Waals surface area contributed by atoms with Crippen LogP contribution < -0.4 is 16.0 Å². The van der Waals surface area contributed by atoms with Gasteiger partial charge in [-0.1, -0.05) is 6.07 Å². The van der Waals surface area contributed by atoms with Crippen LogP contribution in [0.15, 0.2) is 23.2 Å². The number of guanidine groups is 1. The van der Waals surface area contributed by atoms with Gasteiger partial charge in [0.05, 0.1) is 18.1 Å². The van der Waals surface area contributed by atoms with E-state index in [4.69, 9.17) is 0 Å². The molecule has 1 amide bonds. The zero-order valence-corrected chi connectivity index (χ0v) is 15.4. The van der Waals surface area contributed by atoms with Crippen molar-refractivity contribution in [3.63, 3.8) is 0 Å². The van der Waals surface area contributed by atoms with Crippen LogP contribution in [0.25, 0.3) is 0 Å². The Labute approximate surface area is 148 Å². The van der Waals surface area contributed by atoms with E-state index >= 15 is 0 Å². The van der Waals surface area contributed by atoms with Crippen LogP contribution >= 0.6 is 0 Å². The smallest absolute Gasteiger partial charge is 0.227 e. The molecule has 1 aromatic heterocycles. The number of hydrogen-bond acceptors (Lipinski definition) is 5. The SMILES string of the molecule is CCNC(=NCCC(=O)Nc1cccc(C)n1)NC1CCS(=O)(=O)C1. The number of aryl methyl sites for hydroxylation is 1. The molecule has 0 radical (unpaired) electrons. The number of nitrogens with one attached hydrogen (secondary N) is 3. The molecule has 0 aliphatic carbocycles. The molecule has 1 aliphatic rings. The summed E-state index contributed by atoms with van der Waals surface area (Å²) in [5.41, 5.74) is 0.834. The first-order valence-electron chi connectivity index (χ1n) is 8.37. The average Bonchev–Trinajstić information content (AvgIpc) is 2.86. The van der Waals surface area contributed by atoms with Gasteiger partial charge in [-0.15, -0.1) is 0 Å². The molecule has 1 atom stereocenters. The van der Waals surface area contributed by atoms with Crippen molar-refractivity contribution in [2.24, 2.45) is 4.99 Å². The first-order chi connectivity index (χ1) is 11.9. The summed E-state index contributed by atoms with van der Waals surface area (Å²) >= 11 is 0. The van der Waals surface area contributed by atoms with E-state index < -0.39 is 9.84 Å². The Morgan fingerprint density at radius 2 is 2.20 bits per heavy atom. The molecule has 138 valence electrons. The van der Waals surface area contributed by atoms with E-state index in [1.807, 2.05) is 26.0 Å². The van der Waals surface area contributed by atoms with Crippen LogP contribution in [0, 0.1) is 6.92 Å². The topological polar surface area (TPSA) is 113 Å². The molecule has 8 nitrogen and oxygen atoms in total. The quantitative estimate of drug-likeness (QED) is 0.497. The van der Waals surface area contributed by atoms with Crippen molar-refractivity contribution < 1.29 is 13.2 Å². The number of pyridine rings is 1. The molecule has 1 aromatic rings. The highest BCUT2D eigenvalue weighted by Gasteiger charge is 2.28. The van der Waals surface area contributed by atoms with E-state index in [0.717, 1.165) is 5.69 Å². The number of carbonyl (C=O) groups excluding carboxylic acids is 1. The second-order valence-corrected chi connectivity index (χ2v) is 8.20. The van der Waals surface area contributed by atoms with E-state index in [9.17, 15) is 13.2 Å². The molecule has 1 unspecified atom stereocenters. The maximum absolute atomic E-state index is 12.0. The lowest BCUT2D eigenvalue weighted by atomic mass is 10.3. The van der Waals surface area contributed by atoms with Gasteiger partial charge in [-0.05, 0) is 32.4 Å². The van der Waals surface area contributed by atoms with Gasteiger partial charge in [0, 0.05) is 24.7 Å². The lowest BCUT2D eigenvalue weighted by Gasteiger charge is -2.15. The van der Waals surface area contributed by atoms with Crippen molar-refractivity contribution >= 4 is 27.5 Å². The van der Waals surface area contributed by atoms with Gasteiger partial charge in [-0.3, -0.25) is 9.79 Å². The molecule has 3 N–H and O–H groups in total. The Hall–Kier alpha value is -2.16. The highest BCUT2D eigenvalue weighted by molar-refractivity contribution is 7.91. The number of amides is 1. The summed E-state index contributed by atoms with van der Waals surface area (Å²) in [4.78, 5) is 20.5. The monoisotopic (exact) mass is 367 g/mol. The van der Waals surface area contributed by atoms with Gasteiger partial charge in [0.25, 0.3) is 0 Å². The van der Waals surface area contributed by atoms with Gasteiger partial charge >= 0.3 is 0 Å². The van der Waals surface area contributed by atoms with Crippen molar-refractivity contribution in [2.75, 3.05) is 29.9 Å². The van der Waals surface area contributed by atoms with Crippen LogP contribution in [0.3, 0.4) is 0 Å². The summed E-state index contributed by atoms with van der Waals surface area (Å²) in [6.45, 7) is 4.74. The lowest BCUT2D eigenvalue weighted by molar-refractivity contribution is -0.116. The third-order valence-electron chi connectivity index (χ3n) is 3.68. The summed E-state index contributed by atoms with van der Waals surface area (Å²) in [5.74, 6) is 1.22. The molecule has 1 aliphatic heterocycles. The summed E-state index contributed by atoms with van der Waals surface area (Å²) in [6, 6.07) is 5.30. The molecule has 0 bridgehead atoms. The number of carbonyl (C=O) groups is 1.